The minimum atomic E-state index is 0.800. The number of benzene rings is 1. The average Bonchev–Trinajstić information content (AvgIpc) is 2.92. The zero-order valence-corrected chi connectivity index (χ0v) is 13.5. The molecule has 3 heterocycles. The van der Waals surface area contributed by atoms with Gasteiger partial charge in [-0.15, -0.1) is 9.36 Å². The number of aromatic nitrogens is 3. The molecule has 1 N–H and O–H groups in total. The van der Waals surface area contributed by atoms with Crippen molar-refractivity contribution in [2.45, 2.75) is 19.5 Å². The van der Waals surface area contributed by atoms with Gasteiger partial charge < -0.3 is 10.1 Å². The Hall–Kier alpha value is -2.40. The van der Waals surface area contributed by atoms with E-state index in [9.17, 15) is 0 Å². The summed E-state index contributed by atoms with van der Waals surface area (Å²) in [5, 5.41) is 4.69. The molecular weight excluding hydrogens is 288 g/mol. The van der Waals surface area contributed by atoms with E-state index < -0.39 is 0 Å². The third kappa shape index (κ3) is 2.47. The lowest BCUT2D eigenvalue weighted by atomic mass is 10.0. The molecule has 4 rings (SSSR count). The Kier molecular flexibility index (Phi) is 3.50. The third-order valence-electron chi connectivity index (χ3n) is 4.60. The number of nitrogens with one attached hydrogen (secondary N) is 1. The van der Waals surface area contributed by atoms with E-state index >= 15 is 0 Å². The molecule has 0 fully saturated rings. The van der Waals surface area contributed by atoms with Gasteiger partial charge in [-0.25, -0.2) is 4.98 Å². The van der Waals surface area contributed by atoms with Crippen molar-refractivity contribution >= 4 is 11.0 Å². The highest BCUT2D eigenvalue weighted by atomic mass is 16.5. The Balaban J connectivity index is 1.76. The molecular formula is C18H21N4O+. The Morgan fingerprint density at radius 2 is 2.13 bits per heavy atom. The normalized spacial score (nSPS) is 14.0. The smallest absolute Gasteiger partial charge is 0.205 e. The molecule has 0 unspecified atom stereocenters. The minimum Gasteiger partial charge on any atom is -0.497 e. The van der Waals surface area contributed by atoms with E-state index in [-0.39, 0.29) is 0 Å². The number of aryl methyl sites for hydroxylation is 1. The molecule has 1 aliphatic heterocycles. The summed E-state index contributed by atoms with van der Waals surface area (Å²) in [5.74, 6) is 0.884. The van der Waals surface area contributed by atoms with Gasteiger partial charge in [0.1, 0.15) is 12.3 Å². The van der Waals surface area contributed by atoms with Crippen LogP contribution in [0.3, 0.4) is 0 Å². The Morgan fingerprint density at radius 3 is 2.91 bits per heavy atom. The van der Waals surface area contributed by atoms with Gasteiger partial charge in [-0.2, -0.15) is 0 Å². The molecule has 0 saturated heterocycles. The quantitative estimate of drug-likeness (QED) is 0.747. The number of pyridine rings is 1. The first kappa shape index (κ1) is 14.2. The maximum atomic E-state index is 5.23. The maximum Gasteiger partial charge on any atom is 0.205 e. The van der Waals surface area contributed by atoms with Gasteiger partial charge in [-0.3, -0.25) is 0 Å². The summed E-state index contributed by atoms with van der Waals surface area (Å²) in [6.07, 6.45) is 5.30. The van der Waals surface area contributed by atoms with Crippen LogP contribution in [0.4, 0.5) is 0 Å². The van der Waals surface area contributed by atoms with Crippen LogP contribution in [0.15, 0.2) is 36.7 Å². The first-order chi connectivity index (χ1) is 11.3. The summed E-state index contributed by atoms with van der Waals surface area (Å²) >= 11 is 0. The lowest BCUT2D eigenvalue weighted by molar-refractivity contribution is -0.750. The maximum absolute atomic E-state index is 5.23. The van der Waals surface area contributed by atoms with Crippen molar-refractivity contribution in [1.82, 2.24) is 15.0 Å². The van der Waals surface area contributed by atoms with Crippen LogP contribution in [0.1, 0.15) is 16.7 Å². The number of methoxy groups -OCH3 is 1. The van der Waals surface area contributed by atoms with E-state index in [0.29, 0.717) is 0 Å². The number of fused-ring (bicyclic) bond motifs is 3. The largest absolute Gasteiger partial charge is 0.497 e. The van der Waals surface area contributed by atoms with E-state index in [1.165, 1.54) is 22.1 Å². The van der Waals surface area contributed by atoms with Crippen LogP contribution >= 0.6 is 0 Å². The fourth-order valence-electron chi connectivity index (χ4n) is 3.32. The predicted molar refractivity (Wildman–Crippen MR) is 88.4 cm³/mol. The number of nitrogens with zero attached hydrogens (tertiary/aromatic N) is 3. The SMILES string of the molecule is COc1ccc(Cn2c3ncc4c(c3c[n+]2C)CCNC4)cc1. The molecule has 0 spiro atoms. The van der Waals surface area contributed by atoms with Gasteiger partial charge in [0.2, 0.25) is 11.8 Å². The van der Waals surface area contributed by atoms with Gasteiger partial charge in [0.15, 0.2) is 7.05 Å². The molecule has 23 heavy (non-hydrogen) atoms. The van der Waals surface area contributed by atoms with Gasteiger partial charge in [0.25, 0.3) is 0 Å². The number of rotatable bonds is 3. The van der Waals surface area contributed by atoms with Crippen LogP contribution in [-0.2, 0) is 26.6 Å². The summed E-state index contributed by atoms with van der Waals surface area (Å²) in [6.45, 7) is 2.76. The Morgan fingerprint density at radius 1 is 1.30 bits per heavy atom. The first-order valence-corrected chi connectivity index (χ1v) is 7.96. The molecule has 0 radical (unpaired) electrons. The van der Waals surface area contributed by atoms with Crippen molar-refractivity contribution in [2.75, 3.05) is 13.7 Å². The van der Waals surface area contributed by atoms with Gasteiger partial charge in [-0.1, -0.05) is 12.1 Å². The Bertz CT molecular complexity index is 852. The second kappa shape index (κ2) is 5.66. The van der Waals surface area contributed by atoms with Crippen molar-refractivity contribution < 1.29 is 9.42 Å². The molecule has 1 aromatic carbocycles. The van der Waals surface area contributed by atoms with Crippen molar-refractivity contribution in [3.63, 3.8) is 0 Å². The average molecular weight is 309 g/mol. The van der Waals surface area contributed by atoms with Gasteiger partial charge in [0, 0.05) is 12.7 Å². The molecule has 1 aliphatic rings. The van der Waals surface area contributed by atoms with Crippen LogP contribution in [0, 0.1) is 0 Å². The second-order valence-electron chi connectivity index (χ2n) is 6.03. The van der Waals surface area contributed by atoms with Crippen LogP contribution < -0.4 is 14.7 Å². The van der Waals surface area contributed by atoms with E-state index in [4.69, 9.17) is 9.72 Å². The molecule has 0 saturated carbocycles. The number of ether oxygens (including phenoxy) is 1. The van der Waals surface area contributed by atoms with E-state index in [0.717, 1.165) is 37.5 Å². The summed E-state index contributed by atoms with van der Waals surface area (Å²) in [4.78, 5) is 4.72. The van der Waals surface area contributed by atoms with E-state index in [2.05, 4.69) is 40.1 Å². The van der Waals surface area contributed by atoms with E-state index in [1.807, 2.05) is 18.3 Å². The topological polar surface area (TPSA) is 43.0 Å². The lowest BCUT2D eigenvalue weighted by Crippen LogP contribution is -2.38. The lowest BCUT2D eigenvalue weighted by Gasteiger charge is -2.16. The van der Waals surface area contributed by atoms with Crippen LogP contribution in [0.5, 0.6) is 5.75 Å². The summed E-state index contributed by atoms with van der Waals surface area (Å²) in [5.41, 5.74) is 5.06. The highest BCUT2D eigenvalue weighted by Gasteiger charge is 2.21. The van der Waals surface area contributed by atoms with Gasteiger partial charge in [-0.05, 0) is 41.8 Å². The Labute approximate surface area is 135 Å². The molecule has 5 nitrogen and oxygen atoms in total. The summed E-state index contributed by atoms with van der Waals surface area (Å²) in [6, 6.07) is 8.21. The molecule has 5 heteroatoms. The summed E-state index contributed by atoms with van der Waals surface area (Å²) < 4.78 is 9.60. The highest BCUT2D eigenvalue weighted by molar-refractivity contribution is 5.79. The predicted octanol–water partition coefficient (Wildman–Crippen LogP) is 1.56. The summed E-state index contributed by atoms with van der Waals surface area (Å²) in [7, 11) is 3.77. The zero-order chi connectivity index (χ0) is 15.8. The number of hydrogen-bond acceptors (Lipinski definition) is 3. The molecule has 3 aromatic rings. The zero-order valence-electron chi connectivity index (χ0n) is 13.5. The monoisotopic (exact) mass is 309 g/mol. The van der Waals surface area contributed by atoms with Crippen LogP contribution in [0.25, 0.3) is 11.0 Å². The molecule has 0 bridgehead atoms. The fraction of sp³-hybridized carbons (Fsp3) is 0.333. The van der Waals surface area contributed by atoms with Crippen molar-refractivity contribution in [3.8, 4) is 5.75 Å². The molecule has 118 valence electrons. The van der Waals surface area contributed by atoms with Crippen molar-refractivity contribution in [1.29, 1.82) is 0 Å². The van der Waals surface area contributed by atoms with Gasteiger partial charge >= 0.3 is 0 Å². The molecule has 0 amide bonds. The fourth-order valence-corrected chi connectivity index (χ4v) is 3.32. The third-order valence-corrected chi connectivity index (χ3v) is 4.60. The molecule has 2 aromatic heterocycles. The standard InChI is InChI=1S/C18H21N4O/c1-21-12-17-16-7-8-19-9-14(16)10-20-18(17)22(21)11-13-3-5-15(23-2)6-4-13/h3-6,10,12,19H,7-9,11H2,1-2H3/q+1. The second-order valence-corrected chi connectivity index (χ2v) is 6.03. The first-order valence-electron chi connectivity index (χ1n) is 7.96. The minimum absolute atomic E-state index is 0.800. The van der Waals surface area contributed by atoms with Crippen LogP contribution in [0.2, 0.25) is 0 Å². The number of hydrogen-bond donors (Lipinski definition) is 1. The van der Waals surface area contributed by atoms with Gasteiger partial charge in [0.05, 0.1) is 12.5 Å². The van der Waals surface area contributed by atoms with E-state index in [1.54, 1.807) is 7.11 Å². The van der Waals surface area contributed by atoms with Crippen LogP contribution in [-0.4, -0.2) is 23.3 Å². The molecule has 0 aliphatic carbocycles. The van der Waals surface area contributed by atoms with Crippen molar-refractivity contribution in [2.24, 2.45) is 7.05 Å². The van der Waals surface area contributed by atoms with Crippen molar-refractivity contribution in [3.05, 3.63) is 53.3 Å². The highest BCUT2D eigenvalue weighted by Crippen LogP contribution is 2.23. The molecule has 0 atom stereocenters.